The Kier molecular flexibility index (Phi) is 5.49. The van der Waals surface area contributed by atoms with Gasteiger partial charge in [0.1, 0.15) is 11.6 Å². The number of anilines is 1. The van der Waals surface area contributed by atoms with Crippen molar-refractivity contribution in [3.63, 3.8) is 0 Å². The van der Waals surface area contributed by atoms with Crippen molar-refractivity contribution in [1.82, 2.24) is 24.5 Å². The number of hydrogen-bond donors (Lipinski definition) is 1. The zero-order valence-corrected chi connectivity index (χ0v) is 17.5. The first-order valence-electron chi connectivity index (χ1n) is 10.8. The van der Waals surface area contributed by atoms with E-state index in [0.29, 0.717) is 5.82 Å². The number of aromatic nitrogens is 5. The summed E-state index contributed by atoms with van der Waals surface area (Å²) >= 11 is 0. The van der Waals surface area contributed by atoms with Crippen LogP contribution in [0.3, 0.4) is 0 Å². The Balaban J connectivity index is 1.32. The zero-order chi connectivity index (χ0) is 21.9. The van der Waals surface area contributed by atoms with E-state index in [4.69, 9.17) is 0 Å². The van der Waals surface area contributed by atoms with Gasteiger partial charge in [-0.05, 0) is 48.7 Å². The topological polar surface area (TPSA) is 77.6 Å². The summed E-state index contributed by atoms with van der Waals surface area (Å²) < 4.78 is 18.3. The standard InChI is InChI=1S/C24H23FN6O/c25-20-11-10-18(24-29-28-22-9-5-2-6-12-30(22)24)14-21(20)27-23(32)13-17-15-26-31(16-17)19-7-3-1-4-8-19/h1,3-4,7-8,10-11,14-16H,2,5-6,9,12-13H2,(H,27,32). The van der Waals surface area contributed by atoms with Gasteiger partial charge >= 0.3 is 0 Å². The minimum absolute atomic E-state index is 0.0941. The maximum Gasteiger partial charge on any atom is 0.228 e. The molecule has 0 spiro atoms. The van der Waals surface area contributed by atoms with E-state index in [1.165, 1.54) is 6.07 Å². The third-order valence-corrected chi connectivity index (χ3v) is 5.63. The van der Waals surface area contributed by atoms with E-state index < -0.39 is 5.82 Å². The molecule has 0 unspecified atom stereocenters. The highest BCUT2D eigenvalue weighted by Gasteiger charge is 2.18. The summed E-state index contributed by atoms with van der Waals surface area (Å²) in [5.41, 5.74) is 2.52. The number of hydrogen-bond acceptors (Lipinski definition) is 4. The molecule has 5 rings (SSSR count). The Morgan fingerprint density at radius 2 is 1.94 bits per heavy atom. The Bertz CT molecular complexity index is 1250. The second-order valence-corrected chi connectivity index (χ2v) is 7.95. The second-order valence-electron chi connectivity index (χ2n) is 7.95. The van der Waals surface area contributed by atoms with Crippen molar-refractivity contribution in [3.05, 3.63) is 78.1 Å². The summed E-state index contributed by atoms with van der Waals surface area (Å²) in [6, 6.07) is 14.3. The molecule has 4 aromatic rings. The van der Waals surface area contributed by atoms with E-state index in [2.05, 4.69) is 25.2 Å². The first-order chi connectivity index (χ1) is 15.7. The van der Waals surface area contributed by atoms with Gasteiger partial charge in [-0.15, -0.1) is 10.2 Å². The van der Waals surface area contributed by atoms with E-state index >= 15 is 0 Å². The average molecular weight is 430 g/mol. The molecule has 2 aromatic carbocycles. The van der Waals surface area contributed by atoms with E-state index in [9.17, 15) is 9.18 Å². The minimum Gasteiger partial charge on any atom is -0.323 e. The third kappa shape index (κ3) is 4.16. The van der Waals surface area contributed by atoms with Crippen molar-refractivity contribution in [2.45, 2.75) is 38.6 Å². The lowest BCUT2D eigenvalue weighted by atomic mass is 10.1. The first-order valence-corrected chi connectivity index (χ1v) is 10.8. The smallest absolute Gasteiger partial charge is 0.228 e. The number of fused-ring (bicyclic) bond motifs is 1. The lowest BCUT2D eigenvalue weighted by molar-refractivity contribution is -0.115. The Morgan fingerprint density at radius 1 is 1.06 bits per heavy atom. The zero-order valence-electron chi connectivity index (χ0n) is 17.5. The highest BCUT2D eigenvalue weighted by atomic mass is 19.1. The normalized spacial score (nSPS) is 13.4. The van der Waals surface area contributed by atoms with Gasteiger partial charge in [0.25, 0.3) is 0 Å². The van der Waals surface area contributed by atoms with Crippen LogP contribution in [0.2, 0.25) is 0 Å². The number of nitrogens with zero attached hydrogens (tertiary/aromatic N) is 5. The number of amides is 1. The van der Waals surface area contributed by atoms with Gasteiger partial charge in [0.2, 0.25) is 5.91 Å². The minimum atomic E-state index is -0.488. The molecule has 32 heavy (non-hydrogen) atoms. The molecule has 0 fully saturated rings. The maximum atomic E-state index is 14.5. The Hall–Kier alpha value is -3.81. The number of aryl methyl sites for hydroxylation is 1. The van der Waals surface area contributed by atoms with Gasteiger partial charge in [-0.3, -0.25) is 4.79 Å². The van der Waals surface area contributed by atoms with Gasteiger partial charge in [0.05, 0.1) is 24.0 Å². The van der Waals surface area contributed by atoms with Crippen LogP contribution in [0.25, 0.3) is 17.1 Å². The quantitative estimate of drug-likeness (QED) is 0.515. The number of nitrogens with one attached hydrogen (secondary N) is 1. The molecule has 7 nitrogen and oxygen atoms in total. The van der Waals surface area contributed by atoms with Crippen LogP contribution in [0.4, 0.5) is 10.1 Å². The van der Waals surface area contributed by atoms with Crippen LogP contribution in [-0.2, 0) is 24.2 Å². The van der Waals surface area contributed by atoms with Crippen molar-refractivity contribution >= 4 is 11.6 Å². The molecule has 8 heteroatoms. The van der Waals surface area contributed by atoms with Gasteiger partial charge in [-0.25, -0.2) is 9.07 Å². The number of carbonyl (C=O) groups is 1. The number of para-hydroxylation sites is 1. The maximum absolute atomic E-state index is 14.5. The van der Waals surface area contributed by atoms with Crippen LogP contribution < -0.4 is 5.32 Å². The van der Waals surface area contributed by atoms with E-state index in [1.807, 2.05) is 30.3 Å². The van der Waals surface area contributed by atoms with Crippen molar-refractivity contribution in [2.75, 3.05) is 5.32 Å². The second kappa shape index (κ2) is 8.74. The van der Waals surface area contributed by atoms with Gasteiger partial charge in [0, 0.05) is 24.7 Å². The van der Waals surface area contributed by atoms with Crippen LogP contribution in [-0.4, -0.2) is 30.5 Å². The van der Waals surface area contributed by atoms with Crippen LogP contribution in [0, 0.1) is 5.82 Å². The number of halogens is 1. The summed E-state index contributed by atoms with van der Waals surface area (Å²) in [5.74, 6) is 0.871. The van der Waals surface area contributed by atoms with E-state index in [-0.39, 0.29) is 18.0 Å². The molecule has 0 atom stereocenters. The molecule has 162 valence electrons. The molecule has 1 N–H and O–H groups in total. The molecule has 2 aromatic heterocycles. The van der Waals surface area contributed by atoms with Crippen molar-refractivity contribution in [2.24, 2.45) is 0 Å². The molecule has 0 radical (unpaired) electrons. The number of carbonyl (C=O) groups excluding carboxylic acids is 1. The van der Waals surface area contributed by atoms with Crippen LogP contribution in [0.15, 0.2) is 60.9 Å². The molecule has 0 saturated carbocycles. The summed E-state index contributed by atoms with van der Waals surface area (Å²) in [7, 11) is 0. The summed E-state index contributed by atoms with van der Waals surface area (Å²) in [6.45, 7) is 0.849. The molecule has 0 bridgehead atoms. The number of benzene rings is 2. The van der Waals surface area contributed by atoms with Gasteiger partial charge in [-0.1, -0.05) is 24.6 Å². The summed E-state index contributed by atoms with van der Waals surface area (Å²) in [4.78, 5) is 12.6. The van der Waals surface area contributed by atoms with Gasteiger partial charge in [0.15, 0.2) is 5.82 Å². The number of rotatable bonds is 5. The first kappa shape index (κ1) is 20.1. The SMILES string of the molecule is O=C(Cc1cnn(-c2ccccc2)c1)Nc1cc(-c2nnc3n2CCCCC3)ccc1F. The molecular formula is C24H23FN6O. The monoisotopic (exact) mass is 430 g/mol. The molecule has 1 amide bonds. The van der Waals surface area contributed by atoms with Gasteiger partial charge < -0.3 is 9.88 Å². The lowest BCUT2D eigenvalue weighted by Crippen LogP contribution is -2.15. The van der Waals surface area contributed by atoms with Crippen molar-refractivity contribution < 1.29 is 9.18 Å². The van der Waals surface area contributed by atoms with Crippen LogP contribution >= 0.6 is 0 Å². The van der Waals surface area contributed by atoms with Crippen molar-refractivity contribution in [1.29, 1.82) is 0 Å². The fourth-order valence-corrected chi connectivity index (χ4v) is 4.01. The Labute approximate surface area is 184 Å². The largest absolute Gasteiger partial charge is 0.323 e. The molecule has 3 heterocycles. The summed E-state index contributed by atoms with van der Waals surface area (Å²) in [6.07, 6.45) is 7.76. The molecular weight excluding hydrogens is 407 g/mol. The highest BCUT2D eigenvalue weighted by molar-refractivity contribution is 5.93. The fraction of sp³-hybridized carbons (Fsp3) is 0.250. The predicted octanol–water partition coefficient (Wildman–Crippen LogP) is 4.18. The average Bonchev–Trinajstić information content (AvgIpc) is 3.36. The highest BCUT2D eigenvalue weighted by Crippen LogP contribution is 2.26. The third-order valence-electron chi connectivity index (χ3n) is 5.63. The Morgan fingerprint density at radius 3 is 2.81 bits per heavy atom. The molecule has 1 aliphatic heterocycles. The van der Waals surface area contributed by atoms with Crippen LogP contribution in [0.5, 0.6) is 0 Å². The fourth-order valence-electron chi connectivity index (χ4n) is 4.01. The summed E-state index contributed by atoms with van der Waals surface area (Å²) in [5, 5.41) is 15.6. The molecule has 0 aliphatic carbocycles. The van der Waals surface area contributed by atoms with E-state index in [1.54, 1.807) is 29.2 Å². The lowest BCUT2D eigenvalue weighted by Gasteiger charge is -2.10. The van der Waals surface area contributed by atoms with E-state index in [0.717, 1.165) is 54.9 Å². The predicted molar refractivity (Wildman–Crippen MR) is 119 cm³/mol. The van der Waals surface area contributed by atoms with Gasteiger partial charge in [-0.2, -0.15) is 5.10 Å². The molecule has 0 saturated heterocycles. The van der Waals surface area contributed by atoms with Crippen molar-refractivity contribution in [3.8, 4) is 17.1 Å². The molecule has 1 aliphatic rings. The van der Waals surface area contributed by atoms with Crippen LogP contribution in [0.1, 0.15) is 30.7 Å².